The zero-order chi connectivity index (χ0) is 11.9. The van der Waals surface area contributed by atoms with Crippen LogP contribution in [0.25, 0.3) is 0 Å². The Balaban J connectivity index is 2.53. The third-order valence-electron chi connectivity index (χ3n) is 3.05. The van der Waals surface area contributed by atoms with E-state index in [1.165, 1.54) is 12.1 Å². The first kappa shape index (κ1) is 11.2. The number of aromatic hydroxyl groups is 1. The molecule has 0 amide bonds. The van der Waals surface area contributed by atoms with E-state index < -0.39 is 17.5 Å². The van der Waals surface area contributed by atoms with Gasteiger partial charge >= 0.3 is 5.97 Å². The van der Waals surface area contributed by atoms with Crippen molar-refractivity contribution in [1.82, 2.24) is 0 Å². The summed E-state index contributed by atoms with van der Waals surface area (Å²) < 4.78 is 0. The number of hydrogen-bond acceptors (Lipinski definition) is 3. The Labute approximate surface area is 97.1 Å². The molecule has 1 aliphatic carbocycles. The van der Waals surface area contributed by atoms with Crippen molar-refractivity contribution in [3.8, 4) is 5.75 Å². The Bertz CT molecular complexity index is 417. The number of aliphatic hydroxyl groups excluding tert-OH is 1. The van der Waals surface area contributed by atoms with Gasteiger partial charge in [-0.15, -0.1) is 0 Å². The van der Waals surface area contributed by atoms with Gasteiger partial charge in [0.2, 0.25) is 0 Å². The number of carboxylic acids is 1. The molecule has 1 fully saturated rings. The highest BCUT2D eigenvalue weighted by molar-refractivity contribution is 6.32. The summed E-state index contributed by atoms with van der Waals surface area (Å²) in [5, 5.41) is 28.4. The number of carboxylic acid groups (broad SMARTS) is 1. The molecule has 0 unspecified atom stereocenters. The number of benzene rings is 1. The van der Waals surface area contributed by atoms with Gasteiger partial charge in [-0.05, 0) is 25.0 Å². The molecule has 0 spiro atoms. The lowest BCUT2D eigenvalue weighted by molar-refractivity contribution is -0.153. The molecule has 1 saturated carbocycles. The van der Waals surface area contributed by atoms with Gasteiger partial charge in [0, 0.05) is 10.6 Å². The van der Waals surface area contributed by atoms with Crippen molar-refractivity contribution in [2.75, 3.05) is 0 Å². The number of carbonyl (C=O) groups is 1. The molecule has 1 aromatic carbocycles. The molecule has 86 valence electrons. The SMILES string of the molecule is O=C(O)C1(c2c(O)cccc2Cl)CC(O)C1. The maximum Gasteiger partial charge on any atom is 0.314 e. The zero-order valence-corrected chi connectivity index (χ0v) is 9.11. The van der Waals surface area contributed by atoms with Gasteiger partial charge in [0.15, 0.2) is 0 Å². The fraction of sp³-hybridized carbons (Fsp3) is 0.364. The van der Waals surface area contributed by atoms with Gasteiger partial charge in [0.25, 0.3) is 0 Å². The Kier molecular flexibility index (Phi) is 2.56. The zero-order valence-electron chi connectivity index (χ0n) is 8.35. The fourth-order valence-corrected chi connectivity index (χ4v) is 2.57. The van der Waals surface area contributed by atoms with E-state index in [0.717, 1.165) is 0 Å². The molecular formula is C11H11ClO4. The number of rotatable bonds is 2. The van der Waals surface area contributed by atoms with E-state index in [0.29, 0.717) is 0 Å². The summed E-state index contributed by atoms with van der Waals surface area (Å²) >= 11 is 5.91. The number of halogens is 1. The van der Waals surface area contributed by atoms with E-state index in [4.69, 9.17) is 11.6 Å². The molecule has 1 aliphatic rings. The molecule has 0 atom stereocenters. The summed E-state index contributed by atoms with van der Waals surface area (Å²) in [5.41, 5.74) is -1.04. The van der Waals surface area contributed by atoms with E-state index in [1.807, 2.05) is 0 Å². The highest BCUT2D eigenvalue weighted by Crippen LogP contribution is 2.49. The second kappa shape index (κ2) is 3.64. The Morgan fingerprint density at radius 3 is 2.50 bits per heavy atom. The molecule has 0 heterocycles. The number of phenolic OH excluding ortho intramolecular Hbond substituents is 1. The van der Waals surface area contributed by atoms with Crippen LogP contribution in [-0.4, -0.2) is 27.4 Å². The van der Waals surface area contributed by atoms with Crippen LogP contribution in [0.3, 0.4) is 0 Å². The van der Waals surface area contributed by atoms with Gasteiger partial charge in [0.1, 0.15) is 11.2 Å². The van der Waals surface area contributed by atoms with E-state index in [9.17, 15) is 20.1 Å². The predicted octanol–water partition coefficient (Wildman–Crippen LogP) is 1.52. The standard InChI is InChI=1S/C11H11ClO4/c12-7-2-1-3-8(14)9(7)11(10(15)16)4-6(13)5-11/h1-3,6,13-14H,4-5H2,(H,15,16). The molecule has 0 bridgehead atoms. The largest absolute Gasteiger partial charge is 0.508 e. The first-order valence-corrected chi connectivity index (χ1v) is 5.24. The molecule has 2 rings (SSSR count). The summed E-state index contributed by atoms with van der Waals surface area (Å²) in [6.07, 6.45) is -0.481. The number of aliphatic hydroxyl groups is 1. The first-order chi connectivity index (χ1) is 7.47. The highest BCUT2D eigenvalue weighted by Gasteiger charge is 2.53. The molecule has 0 saturated heterocycles. The minimum Gasteiger partial charge on any atom is -0.508 e. The summed E-state index contributed by atoms with van der Waals surface area (Å²) in [5.74, 6) is -1.21. The minimum absolute atomic E-state index is 0.0830. The summed E-state index contributed by atoms with van der Waals surface area (Å²) in [6.45, 7) is 0. The van der Waals surface area contributed by atoms with Crippen LogP contribution >= 0.6 is 11.6 Å². The first-order valence-electron chi connectivity index (χ1n) is 4.87. The smallest absolute Gasteiger partial charge is 0.314 e. The van der Waals surface area contributed by atoms with Crippen LogP contribution in [0.15, 0.2) is 18.2 Å². The van der Waals surface area contributed by atoms with Crippen molar-refractivity contribution in [2.24, 2.45) is 0 Å². The Hall–Kier alpha value is -1.26. The number of aliphatic carboxylic acids is 1. The highest BCUT2D eigenvalue weighted by atomic mass is 35.5. The van der Waals surface area contributed by atoms with Crippen LogP contribution in [0.2, 0.25) is 5.02 Å². The quantitative estimate of drug-likeness (QED) is 0.735. The molecule has 0 radical (unpaired) electrons. The van der Waals surface area contributed by atoms with Gasteiger partial charge in [-0.1, -0.05) is 17.7 Å². The van der Waals surface area contributed by atoms with E-state index in [-0.39, 0.29) is 29.2 Å². The third-order valence-corrected chi connectivity index (χ3v) is 3.36. The third kappa shape index (κ3) is 1.45. The molecule has 0 aromatic heterocycles. The molecule has 16 heavy (non-hydrogen) atoms. The van der Waals surface area contributed by atoms with Gasteiger partial charge in [-0.3, -0.25) is 4.79 Å². The second-order valence-electron chi connectivity index (χ2n) is 4.08. The molecule has 0 aliphatic heterocycles. The number of phenols is 1. The van der Waals surface area contributed by atoms with Crippen LogP contribution in [0, 0.1) is 0 Å². The average molecular weight is 243 g/mol. The minimum atomic E-state index is -1.25. The second-order valence-corrected chi connectivity index (χ2v) is 4.49. The molecular weight excluding hydrogens is 232 g/mol. The van der Waals surface area contributed by atoms with Crippen molar-refractivity contribution in [3.05, 3.63) is 28.8 Å². The normalized spacial score (nSPS) is 28.5. The van der Waals surface area contributed by atoms with Gasteiger partial charge in [-0.25, -0.2) is 0 Å². The topological polar surface area (TPSA) is 77.8 Å². The summed E-state index contributed by atoms with van der Waals surface area (Å²) in [4.78, 5) is 11.3. The number of hydrogen-bond donors (Lipinski definition) is 3. The van der Waals surface area contributed by atoms with Crippen molar-refractivity contribution < 1.29 is 20.1 Å². The lowest BCUT2D eigenvalue weighted by atomic mass is 9.62. The Morgan fingerprint density at radius 1 is 1.44 bits per heavy atom. The van der Waals surface area contributed by atoms with Crippen LogP contribution in [0.5, 0.6) is 5.75 Å². The van der Waals surface area contributed by atoms with Gasteiger partial charge in [0.05, 0.1) is 6.10 Å². The Morgan fingerprint density at radius 2 is 2.06 bits per heavy atom. The van der Waals surface area contributed by atoms with E-state index in [2.05, 4.69) is 0 Å². The predicted molar refractivity (Wildman–Crippen MR) is 57.7 cm³/mol. The van der Waals surface area contributed by atoms with Crippen LogP contribution in [0.4, 0.5) is 0 Å². The molecule has 4 nitrogen and oxygen atoms in total. The van der Waals surface area contributed by atoms with Crippen molar-refractivity contribution in [1.29, 1.82) is 0 Å². The van der Waals surface area contributed by atoms with Crippen molar-refractivity contribution in [2.45, 2.75) is 24.4 Å². The maximum absolute atomic E-state index is 11.3. The lowest BCUT2D eigenvalue weighted by Crippen LogP contribution is -2.50. The molecule has 5 heteroatoms. The van der Waals surface area contributed by atoms with E-state index in [1.54, 1.807) is 6.07 Å². The van der Waals surface area contributed by atoms with Crippen LogP contribution in [0.1, 0.15) is 18.4 Å². The van der Waals surface area contributed by atoms with Crippen LogP contribution < -0.4 is 0 Å². The van der Waals surface area contributed by atoms with Gasteiger partial charge < -0.3 is 15.3 Å². The monoisotopic (exact) mass is 242 g/mol. The lowest BCUT2D eigenvalue weighted by Gasteiger charge is -2.42. The molecule has 1 aromatic rings. The van der Waals surface area contributed by atoms with Crippen molar-refractivity contribution in [3.63, 3.8) is 0 Å². The fourth-order valence-electron chi connectivity index (χ4n) is 2.22. The van der Waals surface area contributed by atoms with Crippen molar-refractivity contribution >= 4 is 17.6 Å². The maximum atomic E-state index is 11.3. The molecule has 3 N–H and O–H groups in total. The van der Waals surface area contributed by atoms with Crippen LogP contribution in [-0.2, 0) is 10.2 Å². The average Bonchev–Trinajstić information content (AvgIpc) is 2.13. The van der Waals surface area contributed by atoms with E-state index >= 15 is 0 Å². The summed E-state index contributed by atoms with van der Waals surface area (Å²) in [7, 11) is 0. The summed E-state index contributed by atoms with van der Waals surface area (Å²) in [6, 6.07) is 4.48. The van der Waals surface area contributed by atoms with Gasteiger partial charge in [-0.2, -0.15) is 0 Å².